The van der Waals surface area contributed by atoms with Gasteiger partial charge in [0, 0.05) is 30.9 Å². The zero-order chi connectivity index (χ0) is 13.3. The lowest BCUT2D eigenvalue weighted by Crippen LogP contribution is -2.42. The van der Waals surface area contributed by atoms with E-state index >= 15 is 0 Å². The van der Waals surface area contributed by atoms with Gasteiger partial charge in [-0.2, -0.15) is 5.10 Å². The Labute approximate surface area is 108 Å². The van der Waals surface area contributed by atoms with Crippen molar-refractivity contribution < 1.29 is 4.79 Å². The monoisotopic (exact) mass is 250 g/mol. The molecule has 2 rings (SSSR count). The highest BCUT2D eigenvalue weighted by molar-refractivity contribution is 5.79. The van der Waals surface area contributed by atoms with Crippen LogP contribution >= 0.6 is 0 Å². The van der Waals surface area contributed by atoms with Crippen LogP contribution in [0.4, 0.5) is 0 Å². The van der Waals surface area contributed by atoms with Crippen LogP contribution < -0.4 is 11.1 Å². The van der Waals surface area contributed by atoms with Gasteiger partial charge in [-0.1, -0.05) is 0 Å². The Morgan fingerprint density at radius 1 is 1.56 bits per heavy atom. The van der Waals surface area contributed by atoms with E-state index in [1.165, 1.54) is 12.8 Å². The number of carbonyl (C=O) groups excluding carboxylic acids is 1. The molecule has 1 aromatic rings. The van der Waals surface area contributed by atoms with Gasteiger partial charge in [0.05, 0.1) is 12.1 Å². The van der Waals surface area contributed by atoms with E-state index in [-0.39, 0.29) is 11.9 Å². The fourth-order valence-corrected chi connectivity index (χ4v) is 2.36. The molecule has 1 fully saturated rings. The van der Waals surface area contributed by atoms with Crippen LogP contribution in [0.1, 0.15) is 29.8 Å². The Morgan fingerprint density at radius 3 is 2.67 bits per heavy atom. The largest absolute Gasteiger partial charge is 0.352 e. The van der Waals surface area contributed by atoms with E-state index in [1.54, 1.807) is 0 Å². The Bertz CT molecular complexity index is 448. The minimum Gasteiger partial charge on any atom is -0.352 e. The first-order chi connectivity index (χ1) is 8.52. The van der Waals surface area contributed by atoms with E-state index < -0.39 is 0 Å². The van der Waals surface area contributed by atoms with E-state index in [0.29, 0.717) is 18.9 Å². The zero-order valence-corrected chi connectivity index (χ0v) is 11.4. The molecule has 1 amide bonds. The van der Waals surface area contributed by atoms with Crippen molar-refractivity contribution in [2.24, 2.45) is 18.7 Å². The van der Waals surface area contributed by atoms with Crippen LogP contribution in [0, 0.1) is 19.8 Å². The first-order valence-corrected chi connectivity index (χ1v) is 6.51. The van der Waals surface area contributed by atoms with Gasteiger partial charge in [-0.25, -0.2) is 0 Å². The molecule has 1 unspecified atom stereocenters. The number of rotatable bonds is 5. The van der Waals surface area contributed by atoms with E-state index in [0.717, 1.165) is 17.0 Å². The molecule has 0 spiro atoms. The molecule has 1 aliphatic carbocycles. The van der Waals surface area contributed by atoms with Gasteiger partial charge in [-0.3, -0.25) is 9.48 Å². The SMILES string of the molecule is Cc1nn(C)c(C)c1CC(=O)NC(CN)C1CC1. The normalized spacial score (nSPS) is 16.7. The van der Waals surface area contributed by atoms with Gasteiger partial charge in [-0.05, 0) is 32.6 Å². The summed E-state index contributed by atoms with van der Waals surface area (Å²) in [7, 11) is 1.90. The fourth-order valence-electron chi connectivity index (χ4n) is 2.36. The maximum Gasteiger partial charge on any atom is 0.224 e. The van der Waals surface area contributed by atoms with E-state index in [9.17, 15) is 4.79 Å². The maximum atomic E-state index is 12.0. The second-order valence-corrected chi connectivity index (χ2v) is 5.20. The number of hydrogen-bond acceptors (Lipinski definition) is 3. The highest BCUT2D eigenvalue weighted by Crippen LogP contribution is 2.32. The number of aryl methyl sites for hydroxylation is 2. The number of aromatic nitrogens is 2. The number of nitrogens with two attached hydrogens (primary N) is 1. The summed E-state index contributed by atoms with van der Waals surface area (Å²) in [5, 5.41) is 7.36. The Hall–Kier alpha value is -1.36. The molecule has 0 aliphatic heterocycles. The molecular weight excluding hydrogens is 228 g/mol. The summed E-state index contributed by atoms with van der Waals surface area (Å²) in [6.07, 6.45) is 2.77. The quantitative estimate of drug-likeness (QED) is 0.796. The summed E-state index contributed by atoms with van der Waals surface area (Å²) in [6, 6.07) is 0.148. The molecule has 100 valence electrons. The first kappa shape index (κ1) is 13.1. The highest BCUT2D eigenvalue weighted by Gasteiger charge is 2.31. The number of carbonyl (C=O) groups is 1. The van der Waals surface area contributed by atoms with Crippen LogP contribution in [-0.4, -0.2) is 28.3 Å². The molecular formula is C13H22N4O. The minimum atomic E-state index is 0.0524. The lowest BCUT2D eigenvalue weighted by atomic mass is 10.1. The summed E-state index contributed by atoms with van der Waals surface area (Å²) < 4.78 is 1.82. The van der Waals surface area contributed by atoms with Gasteiger partial charge in [0.25, 0.3) is 0 Å². The maximum absolute atomic E-state index is 12.0. The van der Waals surface area contributed by atoms with Gasteiger partial charge >= 0.3 is 0 Å². The van der Waals surface area contributed by atoms with Crippen molar-refractivity contribution in [3.8, 4) is 0 Å². The van der Waals surface area contributed by atoms with Crippen molar-refractivity contribution in [3.63, 3.8) is 0 Å². The molecule has 0 saturated heterocycles. The third-order valence-electron chi connectivity index (χ3n) is 3.79. The fraction of sp³-hybridized carbons (Fsp3) is 0.692. The number of hydrogen-bond donors (Lipinski definition) is 2. The molecule has 1 saturated carbocycles. The van der Waals surface area contributed by atoms with Crippen molar-refractivity contribution >= 4 is 5.91 Å². The van der Waals surface area contributed by atoms with Crippen molar-refractivity contribution in [2.45, 2.75) is 39.2 Å². The summed E-state index contributed by atoms with van der Waals surface area (Å²) in [4.78, 5) is 12.0. The topological polar surface area (TPSA) is 72.9 Å². The van der Waals surface area contributed by atoms with Crippen LogP contribution in [0.5, 0.6) is 0 Å². The third kappa shape index (κ3) is 2.72. The average molecular weight is 250 g/mol. The number of nitrogens with zero attached hydrogens (tertiary/aromatic N) is 2. The standard InChI is InChI=1S/C13H22N4O/c1-8-11(9(2)17(3)16-8)6-13(18)15-12(7-14)10-4-5-10/h10,12H,4-7,14H2,1-3H3,(H,15,18). The zero-order valence-electron chi connectivity index (χ0n) is 11.4. The lowest BCUT2D eigenvalue weighted by Gasteiger charge is -2.16. The second-order valence-electron chi connectivity index (χ2n) is 5.20. The molecule has 5 heteroatoms. The molecule has 1 aliphatic rings. The molecule has 1 aromatic heterocycles. The third-order valence-corrected chi connectivity index (χ3v) is 3.79. The average Bonchev–Trinajstić information content (AvgIpc) is 3.12. The van der Waals surface area contributed by atoms with E-state index in [4.69, 9.17) is 5.73 Å². The second kappa shape index (κ2) is 5.10. The Kier molecular flexibility index (Phi) is 3.71. The van der Waals surface area contributed by atoms with Gasteiger partial charge < -0.3 is 11.1 Å². The first-order valence-electron chi connectivity index (χ1n) is 6.51. The van der Waals surface area contributed by atoms with Crippen LogP contribution in [0.15, 0.2) is 0 Å². The van der Waals surface area contributed by atoms with Gasteiger partial charge in [-0.15, -0.1) is 0 Å². The van der Waals surface area contributed by atoms with E-state index in [1.807, 2.05) is 25.6 Å². The Morgan fingerprint density at radius 2 is 2.22 bits per heavy atom. The number of nitrogens with one attached hydrogen (secondary N) is 1. The molecule has 3 N–H and O–H groups in total. The van der Waals surface area contributed by atoms with Gasteiger partial charge in [0.15, 0.2) is 0 Å². The van der Waals surface area contributed by atoms with Crippen molar-refractivity contribution in [2.75, 3.05) is 6.54 Å². The van der Waals surface area contributed by atoms with Gasteiger partial charge in [0.2, 0.25) is 5.91 Å². The van der Waals surface area contributed by atoms with Crippen LogP contribution in [0.3, 0.4) is 0 Å². The smallest absolute Gasteiger partial charge is 0.224 e. The van der Waals surface area contributed by atoms with Crippen LogP contribution in [0.25, 0.3) is 0 Å². The predicted molar refractivity (Wildman–Crippen MR) is 70.1 cm³/mol. The molecule has 0 radical (unpaired) electrons. The minimum absolute atomic E-state index is 0.0524. The molecule has 18 heavy (non-hydrogen) atoms. The van der Waals surface area contributed by atoms with Gasteiger partial charge in [0.1, 0.15) is 0 Å². The van der Waals surface area contributed by atoms with Crippen molar-refractivity contribution in [3.05, 3.63) is 17.0 Å². The van der Waals surface area contributed by atoms with Crippen LogP contribution in [0.2, 0.25) is 0 Å². The lowest BCUT2D eigenvalue weighted by molar-refractivity contribution is -0.121. The summed E-state index contributed by atoms with van der Waals surface area (Å²) in [6.45, 7) is 4.46. The van der Waals surface area contributed by atoms with Crippen LogP contribution in [-0.2, 0) is 18.3 Å². The molecule has 5 nitrogen and oxygen atoms in total. The Balaban J connectivity index is 1.98. The predicted octanol–water partition coefficient (Wildman–Crippen LogP) is 0.433. The molecule has 0 bridgehead atoms. The highest BCUT2D eigenvalue weighted by atomic mass is 16.1. The molecule has 1 heterocycles. The summed E-state index contributed by atoms with van der Waals surface area (Å²) >= 11 is 0. The number of amides is 1. The summed E-state index contributed by atoms with van der Waals surface area (Å²) in [5.74, 6) is 0.645. The molecule has 1 atom stereocenters. The van der Waals surface area contributed by atoms with Crippen molar-refractivity contribution in [1.82, 2.24) is 15.1 Å². The molecule has 0 aromatic carbocycles. The van der Waals surface area contributed by atoms with Crippen molar-refractivity contribution in [1.29, 1.82) is 0 Å². The summed E-state index contributed by atoms with van der Waals surface area (Å²) in [5.41, 5.74) is 8.70. The van der Waals surface area contributed by atoms with E-state index in [2.05, 4.69) is 10.4 Å².